The van der Waals surface area contributed by atoms with Crippen LogP contribution in [0.25, 0.3) is 0 Å². The normalized spacial score (nSPS) is 20.5. The fraction of sp³-hybridized carbons (Fsp3) is 0.571. The van der Waals surface area contributed by atoms with E-state index in [1.807, 2.05) is 6.92 Å². The zero-order valence-corrected chi connectivity index (χ0v) is 8.78. The molecule has 0 spiro atoms. The van der Waals surface area contributed by atoms with Gasteiger partial charge in [-0.2, -0.15) is 6.92 Å². The quantitative estimate of drug-likeness (QED) is 0.492. The molecule has 0 heterocycles. The number of rotatable bonds is 0. The Labute approximate surface area is 74.6 Å². The molecule has 1 rings (SSSR count). The van der Waals surface area contributed by atoms with E-state index >= 15 is 0 Å². The van der Waals surface area contributed by atoms with E-state index in [1.54, 1.807) is 0 Å². The Kier molecular flexibility index (Phi) is 4.03. The molecule has 0 atom stereocenters. The number of ketones is 2. The molecular formula is C7H9O2W-. The summed E-state index contributed by atoms with van der Waals surface area (Å²) >= 11 is 0. The van der Waals surface area contributed by atoms with Crippen LogP contribution in [0.2, 0.25) is 0 Å². The molecule has 2 nitrogen and oxygen atoms in total. The molecule has 0 aromatic carbocycles. The van der Waals surface area contributed by atoms with Gasteiger partial charge in [-0.1, -0.05) is 0 Å². The summed E-state index contributed by atoms with van der Waals surface area (Å²) in [6, 6.07) is 0. The van der Waals surface area contributed by atoms with Crippen LogP contribution in [0.4, 0.5) is 0 Å². The van der Waals surface area contributed by atoms with E-state index in [-0.39, 0.29) is 39.1 Å². The molecular weight excluding hydrogens is 300 g/mol. The summed E-state index contributed by atoms with van der Waals surface area (Å²) in [5.41, 5.74) is 0. The molecule has 1 aliphatic carbocycles. The Balaban J connectivity index is 0.000000810. The minimum atomic E-state index is 0. The Morgan fingerprint density at radius 3 is 1.90 bits per heavy atom. The van der Waals surface area contributed by atoms with Crippen molar-refractivity contribution in [1.29, 1.82) is 0 Å². The Hall–Kier alpha value is 0.0283. The molecule has 0 bridgehead atoms. The Morgan fingerprint density at radius 1 is 1.20 bits per heavy atom. The monoisotopic (exact) mass is 309 g/mol. The fourth-order valence-corrected chi connectivity index (χ4v) is 1.08. The molecule has 3 heteroatoms. The van der Waals surface area contributed by atoms with Gasteiger partial charge in [0.2, 0.25) is 0 Å². The van der Waals surface area contributed by atoms with Crippen molar-refractivity contribution < 1.29 is 30.7 Å². The van der Waals surface area contributed by atoms with E-state index in [1.165, 1.54) is 0 Å². The van der Waals surface area contributed by atoms with Gasteiger partial charge < -0.3 is 15.5 Å². The minimum absolute atomic E-state index is 0. The molecule has 0 saturated heterocycles. The van der Waals surface area contributed by atoms with Crippen LogP contribution in [-0.4, -0.2) is 11.6 Å². The van der Waals surface area contributed by atoms with Crippen molar-refractivity contribution in [2.24, 2.45) is 0 Å². The van der Waals surface area contributed by atoms with Crippen molar-refractivity contribution in [1.82, 2.24) is 0 Å². The van der Waals surface area contributed by atoms with Crippen LogP contribution in [0.1, 0.15) is 26.2 Å². The summed E-state index contributed by atoms with van der Waals surface area (Å²) in [4.78, 5) is 21.3. The third-order valence-electron chi connectivity index (χ3n) is 1.39. The second-order valence-corrected chi connectivity index (χ2v) is 2.56. The summed E-state index contributed by atoms with van der Waals surface area (Å²) in [7, 11) is 0. The number of carbonyl (C=O) groups is 2. The first-order valence-corrected chi connectivity index (χ1v) is 3.03. The molecule has 0 unspecified atom stereocenters. The van der Waals surface area contributed by atoms with Gasteiger partial charge in [-0.05, 0) is 0 Å². The van der Waals surface area contributed by atoms with Gasteiger partial charge in [-0.15, -0.1) is 12.8 Å². The third-order valence-corrected chi connectivity index (χ3v) is 1.39. The van der Waals surface area contributed by atoms with Crippen LogP contribution >= 0.6 is 0 Å². The SMILES string of the molecule is C[C-]1CC(=O)CC(=O)C1.[W]. The summed E-state index contributed by atoms with van der Waals surface area (Å²) in [6.07, 6.45) is 1.20. The second kappa shape index (κ2) is 4.02. The number of hydrogen-bond acceptors (Lipinski definition) is 2. The van der Waals surface area contributed by atoms with Crippen LogP contribution in [0.5, 0.6) is 0 Å². The van der Waals surface area contributed by atoms with Crippen LogP contribution in [0.15, 0.2) is 0 Å². The van der Waals surface area contributed by atoms with E-state index in [9.17, 15) is 9.59 Å². The first-order valence-electron chi connectivity index (χ1n) is 3.03. The van der Waals surface area contributed by atoms with Gasteiger partial charge >= 0.3 is 0 Å². The molecule has 0 radical (unpaired) electrons. The molecule has 0 amide bonds. The maximum absolute atomic E-state index is 10.6. The Morgan fingerprint density at radius 2 is 1.60 bits per heavy atom. The van der Waals surface area contributed by atoms with Gasteiger partial charge in [0.1, 0.15) is 11.6 Å². The van der Waals surface area contributed by atoms with Gasteiger partial charge in [-0.25, -0.2) is 0 Å². The molecule has 1 aliphatic rings. The summed E-state index contributed by atoms with van der Waals surface area (Å²) in [5, 5.41) is 0. The largest absolute Gasteiger partial charge is 0.303 e. The first-order chi connectivity index (χ1) is 4.18. The predicted octanol–water partition coefficient (Wildman–Crippen LogP) is 0.900. The molecule has 0 aliphatic heterocycles. The maximum atomic E-state index is 10.6. The van der Waals surface area contributed by atoms with E-state index in [0.29, 0.717) is 12.8 Å². The molecule has 0 aromatic rings. The van der Waals surface area contributed by atoms with Crippen molar-refractivity contribution >= 4 is 11.6 Å². The van der Waals surface area contributed by atoms with Crippen molar-refractivity contribution in [2.45, 2.75) is 26.2 Å². The third kappa shape index (κ3) is 2.74. The first kappa shape index (κ1) is 10.0. The van der Waals surface area contributed by atoms with Crippen LogP contribution in [0, 0.1) is 5.92 Å². The molecule has 56 valence electrons. The molecule has 10 heavy (non-hydrogen) atoms. The van der Waals surface area contributed by atoms with Gasteiger partial charge in [-0.3, -0.25) is 0 Å². The van der Waals surface area contributed by atoms with Gasteiger partial charge in [0, 0.05) is 21.1 Å². The molecule has 0 N–H and O–H groups in total. The average Bonchev–Trinajstić information content (AvgIpc) is 1.59. The standard InChI is InChI=1S/C7H9O2.W/c1-5-2-6(8)4-7(9)3-5;/h2-4H2,1H3;/q-1;. The second-order valence-electron chi connectivity index (χ2n) is 2.56. The van der Waals surface area contributed by atoms with Crippen LogP contribution in [-0.2, 0) is 30.7 Å². The summed E-state index contributed by atoms with van der Waals surface area (Å²) in [6.45, 7) is 1.86. The average molecular weight is 309 g/mol. The van der Waals surface area contributed by atoms with E-state index in [0.717, 1.165) is 5.92 Å². The van der Waals surface area contributed by atoms with Crippen LogP contribution < -0.4 is 0 Å². The zero-order chi connectivity index (χ0) is 6.85. The van der Waals surface area contributed by atoms with Crippen LogP contribution in [0.3, 0.4) is 0 Å². The predicted molar refractivity (Wildman–Crippen MR) is 32.8 cm³/mol. The maximum Gasteiger partial charge on any atom is 0.111 e. The molecule has 1 saturated carbocycles. The Bertz CT molecular complexity index is 138. The summed E-state index contributed by atoms with van der Waals surface area (Å²) < 4.78 is 0. The van der Waals surface area contributed by atoms with Crippen molar-refractivity contribution in [3.05, 3.63) is 5.92 Å². The summed E-state index contributed by atoms with van der Waals surface area (Å²) in [5.74, 6) is 1.16. The van der Waals surface area contributed by atoms with Gasteiger partial charge in [0.15, 0.2) is 0 Å². The van der Waals surface area contributed by atoms with E-state index in [4.69, 9.17) is 0 Å². The minimum Gasteiger partial charge on any atom is -0.303 e. The van der Waals surface area contributed by atoms with Crippen molar-refractivity contribution in [3.63, 3.8) is 0 Å². The fourth-order valence-electron chi connectivity index (χ4n) is 1.08. The van der Waals surface area contributed by atoms with Gasteiger partial charge in [0.05, 0.1) is 6.42 Å². The van der Waals surface area contributed by atoms with E-state index < -0.39 is 0 Å². The van der Waals surface area contributed by atoms with Gasteiger partial charge in [0.25, 0.3) is 0 Å². The topological polar surface area (TPSA) is 34.1 Å². The zero-order valence-electron chi connectivity index (χ0n) is 5.85. The molecule has 0 aromatic heterocycles. The van der Waals surface area contributed by atoms with Crippen molar-refractivity contribution in [2.75, 3.05) is 0 Å². The smallest absolute Gasteiger partial charge is 0.111 e. The number of hydrogen-bond donors (Lipinski definition) is 0. The van der Waals surface area contributed by atoms with Crippen molar-refractivity contribution in [3.8, 4) is 0 Å². The molecule has 1 fully saturated rings. The number of carbonyl (C=O) groups excluding carboxylic acids is 2. The number of Topliss-reactive ketones (excluding diaryl/α,β-unsaturated/α-hetero) is 2. The van der Waals surface area contributed by atoms with E-state index in [2.05, 4.69) is 0 Å².